The summed E-state index contributed by atoms with van der Waals surface area (Å²) in [5.41, 5.74) is 6.50. The maximum absolute atomic E-state index is 12.2. The summed E-state index contributed by atoms with van der Waals surface area (Å²) in [4.78, 5) is 19.4. The van der Waals surface area contributed by atoms with E-state index in [9.17, 15) is 19.0 Å². The maximum Gasteiger partial charge on any atom is 0.304 e. The number of carboxylic acid groups (broad SMARTS) is 1. The Morgan fingerprint density at radius 3 is 2.74 bits per heavy atom. The second-order valence-electron chi connectivity index (χ2n) is 12.4. The van der Waals surface area contributed by atoms with E-state index >= 15 is 0 Å². The molecule has 4 aromatic rings. The van der Waals surface area contributed by atoms with Crippen molar-refractivity contribution in [1.82, 2.24) is 24.3 Å². The van der Waals surface area contributed by atoms with Gasteiger partial charge in [0.05, 0.1) is 11.9 Å². The molecule has 0 radical (unpaired) electrons. The Balaban J connectivity index is 1.24. The van der Waals surface area contributed by atoms with Crippen molar-refractivity contribution in [3.8, 4) is 0 Å². The molecule has 0 spiro atoms. The van der Waals surface area contributed by atoms with Gasteiger partial charge in [0.25, 0.3) is 0 Å². The molecule has 2 fully saturated rings. The number of benzene rings is 2. The molecule has 1 saturated heterocycles. The number of aromatic nitrogens is 4. The van der Waals surface area contributed by atoms with Gasteiger partial charge in [-0.05, 0) is 91.5 Å². The summed E-state index contributed by atoms with van der Waals surface area (Å²) in [7, 11) is -3.30. The summed E-state index contributed by atoms with van der Waals surface area (Å²) in [5.74, 6) is 0.0601. The molecule has 10 nitrogen and oxygen atoms in total. The fraction of sp³-hybridized carbons (Fsp3) is 0.438. The molecule has 226 valence electrons. The highest BCUT2D eigenvalue weighted by atomic mass is 32.3. The predicted molar refractivity (Wildman–Crippen MR) is 166 cm³/mol. The first-order chi connectivity index (χ1) is 20.7. The van der Waals surface area contributed by atoms with Crippen molar-refractivity contribution >= 4 is 33.6 Å². The lowest BCUT2D eigenvalue weighted by atomic mass is 9.84. The van der Waals surface area contributed by atoms with Crippen molar-refractivity contribution in [2.75, 3.05) is 18.0 Å². The van der Waals surface area contributed by atoms with Gasteiger partial charge in [0.2, 0.25) is 0 Å². The summed E-state index contributed by atoms with van der Waals surface area (Å²) < 4.78 is 27.1. The summed E-state index contributed by atoms with van der Waals surface area (Å²) in [6.07, 6.45) is 6.10. The molecule has 7 rings (SSSR count). The number of anilines is 1. The Morgan fingerprint density at radius 2 is 1.95 bits per heavy atom. The number of carbonyl (C=O) groups is 1. The first kappa shape index (κ1) is 28.3. The Labute approximate surface area is 252 Å². The summed E-state index contributed by atoms with van der Waals surface area (Å²) in [6, 6.07) is 13.8. The lowest BCUT2D eigenvalue weighted by molar-refractivity contribution is -0.137. The standard InChI is InChI=1S/C32H38N6O4S/c1-20-7-10-23(27(16-30(39)40)26-11-12-28-31(21(26)2)34-35-38(28)17-22-8-9-22)15-24(20)18-36-19-25-5-4-14-37(25)32-29(43(36,41)42)6-3-13-33-32/h3,6-7,10-13,15,22,25,27,41-42H,4-5,8-9,14,16-19H2,1-2H3,(H,39,40)/t25-,27?/m1/s1. The minimum absolute atomic E-state index is 0.0694. The first-order valence-electron chi connectivity index (χ1n) is 15.1. The minimum atomic E-state index is -3.30. The third-order valence-corrected chi connectivity index (χ3v) is 11.4. The third-order valence-electron chi connectivity index (χ3n) is 9.46. The fourth-order valence-corrected chi connectivity index (χ4v) is 8.49. The molecule has 1 unspecified atom stereocenters. The number of hydrogen-bond donors (Lipinski definition) is 3. The van der Waals surface area contributed by atoms with Crippen molar-refractivity contribution < 1.29 is 19.0 Å². The third kappa shape index (κ3) is 5.18. The lowest BCUT2D eigenvalue weighted by Gasteiger charge is -2.42. The molecule has 3 N–H and O–H groups in total. The largest absolute Gasteiger partial charge is 0.481 e. The predicted octanol–water partition coefficient (Wildman–Crippen LogP) is 5.97. The second kappa shape index (κ2) is 10.9. The molecule has 43 heavy (non-hydrogen) atoms. The van der Waals surface area contributed by atoms with Crippen molar-refractivity contribution in [2.45, 2.75) is 75.9 Å². The van der Waals surface area contributed by atoms with Crippen molar-refractivity contribution in [3.63, 3.8) is 0 Å². The summed E-state index contributed by atoms with van der Waals surface area (Å²) in [5, 5.41) is 18.9. The fourth-order valence-electron chi connectivity index (χ4n) is 6.84. The van der Waals surface area contributed by atoms with Crippen molar-refractivity contribution in [3.05, 3.63) is 76.5 Å². The Bertz CT molecular complexity index is 1700. The van der Waals surface area contributed by atoms with Crippen LogP contribution < -0.4 is 4.90 Å². The van der Waals surface area contributed by atoms with Gasteiger partial charge in [-0.2, -0.15) is 4.31 Å². The van der Waals surface area contributed by atoms with E-state index in [1.165, 1.54) is 12.8 Å². The Morgan fingerprint density at radius 1 is 1.12 bits per heavy atom. The van der Waals surface area contributed by atoms with Crippen LogP contribution >= 0.6 is 10.8 Å². The molecule has 0 amide bonds. The van der Waals surface area contributed by atoms with Gasteiger partial charge in [0, 0.05) is 44.3 Å². The minimum Gasteiger partial charge on any atom is -0.481 e. The Hall–Kier alpha value is -3.51. The van der Waals surface area contributed by atoms with Gasteiger partial charge in [-0.3, -0.25) is 13.9 Å². The molecule has 2 aromatic carbocycles. The van der Waals surface area contributed by atoms with E-state index in [2.05, 4.69) is 20.2 Å². The van der Waals surface area contributed by atoms with E-state index in [-0.39, 0.29) is 12.5 Å². The quantitative estimate of drug-likeness (QED) is 0.223. The van der Waals surface area contributed by atoms with E-state index in [0.717, 1.165) is 64.8 Å². The van der Waals surface area contributed by atoms with Gasteiger partial charge in [-0.1, -0.05) is 29.5 Å². The molecule has 1 saturated carbocycles. The van der Waals surface area contributed by atoms with E-state index < -0.39 is 22.7 Å². The smallest absolute Gasteiger partial charge is 0.304 e. The molecule has 1 aliphatic carbocycles. The van der Waals surface area contributed by atoms with E-state index in [0.29, 0.717) is 29.7 Å². The first-order valence-corrected chi connectivity index (χ1v) is 16.6. The molecule has 4 heterocycles. The van der Waals surface area contributed by atoms with Crippen LogP contribution in [0, 0.1) is 19.8 Å². The normalized spacial score (nSPS) is 21.3. The average Bonchev–Trinajstić information content (AvgIpc) is 3.54. The molecule has 0 bridgehead atoms. The number of rotatable bonds is 8. The van der Waals surface area contributed by atoms with Gasteiger partial charge in [0.15, 0.2) is 5.82 Å². The molecule has 2 atom stereocenters. The van der Waals surface area contributed by atoms with E-state index in [1.54, 1.807) is 22.6 Å². The highest BCUT2D eigenvalue weighted by molar-refractivity contribution is 8.22. The number of hydrogen-bond acceptors (Lipinski definition) is 8. The van der Waals surface area contributed by atoms with Gasteiger partial charge in [-0.15, -0.1) is 15.9 Å². The van der Waals surface area contributed by atoms with Crippen molar-refractivity contribution in [1.29, 1.82) is 0 Å². The van der Waals surface area contributed by atoms with Gasteiger partial charge >= 0.3 is 5.97 Å². The van der Waals surface area contributed by atoms with Crippen LogP contribution in [-0.2, 0) is 17.9 Å². The summed E-state index contributed by atoms with van der Waals surface area (Å²) >= 11 is 0. The van der Waals surface area contributed by atoms with Crippen LogP contribution in [0.5, 0.6) is 0 Å². The number of aliphatic carboxylic acids is 1. The molecule has 2 aromatic heterocycles. The van der Waals surface area contributed by atoms with Crippen LogP contribution in [0.25, 0.3) is 11.0 Å². The number of carboxylic acids is 1. The molecule has 3 aliphatic rings. The number of aryl methyl sites for hydroxylation is 2. The number of fused-ring (bicyclic) bond motifs is 4. The molecular formula is C32H38N6O4S. The molecule has 11 heteroatoms. The summed E-state index contributed by atoms with van der Waals surface area (Å²) in [6.45, 7) is 6.57. The van der Waals surface area contributed by atoms with Gasteiger partial charge in [-0.25, -0.2) is 9.67 Å². The van der Waals surface area contributed by atoms with Crippen LogP contribution in [0.4, 0.5) is 5.82 Å². The molecule has 2 aliphatic heterocycles. The highest BCUT2D eigenvalue weighted by Crippen LogP contribution is 2.58. The second-order valence-corrected chi connectivity index (χ2v) is 14.3. The SMILES string of the molecule is Cc1ccc(C(CC(=O)O)c2ccc3c(nnn3CC3CC3)c2C)cc1CN1C[C@H]2CCCN2c2ncccc2S1(O)O. The van der Waals surface area contributed by atoms with Crippen molar-refractivity contribution in [2.24, 2.45) is 5.92 Å². The van der Waals surface area contributed by atoms with Crippen LogP contribution in [0.2, 0.25) is 0 Å². The van der Waals surface area contributed by atoms with Gasteiger partial charge in [0.1, 0.15) is 10.4 Å². The van der Waals surface area contributed by atoms with Crippen LogP contribution in [0.3, 0.4) is 0 Å². The van der Waals surface area contributed by atoms with Gasteiger partial charge < -0.3 is 10.0 Å². The number of nitrogens with zero attached hydrogens (tertiary/aromatic N) is 6. The van der Waals surface area contributed by atoms with Crippen LogP contribution in [-0.4, -0.2) is 63.6 Å². The zero-order valence-corrected chi connectivity index (χ0v) is 25.4. The Kier molecular flexibility index (Phi) is 7.16. The lowest BCUT2D eigenvalue weighted by Crippen LogP contribution is -2.38. The monoisotopic (exact) mass is 602 g/mol. The van der Waals surface area contributed by atoms with Crippen LogP contribution in [0.1, 0.15) is 65.8 Å². The average molecular weight is 603 g/mol. The topological polar surface area (TPSA) is 128 Å². The van der Waals surface area contributed by atoms with Crippen LogP contribution in [0.15, 0.2) is 53.6 Å². The maximum atomic E-state index is 12.2. The zero-order valence-electron chi connectivity index (χ0n) is 24.6. The van der Waals surface area contributed by atoms with E-state index in [4.69, 9.17) is 0 Å². The zero-order chi connectivity index (χ0) is 29.9. The van der Waals surface area contributed by atoms with E-state index in [1.807, 2.05) is 48.9 Å². The highest BCUT2D eigenvalue weighted by Gasteiger charge is 2.40. The molecular weight excluding hydrogens is 564 g/mol. The number of pyridine rings is 1.